The zero-order valence-electron chi connectivity index (χ0n) is 14.2. The largest absolute Gasteiger partial charge is 0.497 e. The molecule has 0 unspecified atom stereocenters. The summed E-state index contributed by atoms with van der Waals surface area (Å²) in [5.74, 6) is 0.803. The molecule has 1 aromatic carbocycles. The number of likely N-dealkylation sites (tertiary alicyclic amines) is 1. The molecular formula is C18H25N3O3. The number of carbonyl (C=O) groups excluding carboxylic acids is 2. The van der Waals surface area contributed by atoms with Gasteiger partial charge in [-0.3, -0.25) is 4.79 Å². The lowest BCUT2D eigenvalue weighted by molar-refractivity contribution is -0.117. The van der Waals surface area contributed by atoms with Gasteiger partial charge in [0.15, 0.2) is 0 Å². The average Bonchev–Trinajstić information content (AvgIpc) is 2.80. The number of methoxy groups -OCH3 is 1. The molecule has 2 aliphatic heterocycles. The molecule has 6 nitrogen and oxygen atoms in total. The van der Waals surface area contributed by atoms with Crippen molar-refractivity contribution < 1.29 is 14.3 Å². The number of nitrogens with one attached hydrogen (secondary N) is 1. The highest BCUT2D eigenvalue weighted by Gasteiger charge is 2.32. The van der Waals surface area contributed by atoms with Gasteiger partial charge in [0.1, 0.15) is 5.75 Å². The summed E-state index contributed by atoms with van der Waals surface area (Å²) in [7, 11) is 1.62. The third-order valence-corrected chi connectivity index (χ3v) is 4.73. The van der Waals surface area contributed by atoms with E-state index in [0.29, 0.717) is 13.0 Å². The van der Waals surface area contributed by atoms with E-state index in [0.717, 1.165) is 37.4 Å². The Morgan fingerprint density at radius 3 is 2.42 bits per heavy atom. The number of rotatable bonds is 3. The van der Waals surface area contributed by atoms with E-state index in [-0.39, 0.29) is 18.0 Å². The summed E-state index contributed by atoms with van der Waals surface area (Å²) >= 11 is 0. The third-order valence-electron chi connectivity index (χ3n) is 4.73. The number of ether oxygens (including phenoxy) is 1. The minimum absolute atomic E-state index is 0.0359. The van der Waals surface area contributed by atoms with Crippen LogP contribution in [0.25, 0.3) is 0 Å². The van der Waals surface area contributed by atoms with Gasteiger partial charge in [-0.05, 0) is 37.1 Å². The fourth-order valence-corrected chi connectivity index (χ4v) is 3.36. The average molecular weight is 331 g/mol. The SMILES string of the molecule is COc1ccc(N2C[C@H](NC(=O)N3CCCCCC3)CC2=O)cc1. The molecule has 0 radical (unpaired) electrons. The molecule has 130 valence electrons. The molecule has 24 heavy (non-hydrogen) atoms. The van der Waals surface area contributed by atoms with Crippen LogP contribution < -0.4 is 15.0 Å². The summed E-state index contributed by atoms with van der Waals surface area (Å²) in [6, 6.07) is 7.25. The molecule has 2 saturated heterocycles. The van der Waals surface area contributed by atoms with Gasteiger partial charge >= 0.3 is 6.03 Å². The van der Waals surface area contributed by atoms with Crippen LogP contribution in [0, 0.1) is 0 Å². The van der Waals surface area contributed by atoms with Crippen molar-refractivity contribution in [2.24, 2.45) is 0 Å². The van der Waals surface area contributed by atoms with E-state index in [1.54, 1.807) is 12.0 Å². The van der Waals surface area contributed by atoms with Crippen molar-refractivity contribution in [3.63, 3.8) is 0 Å². The van der Waals surface area contributed by atoms with Crippen molar-refractivity contribution in [3.05, 3.63) is 24.3 Å². The standard InChI is InChI=1S/C18H25N3O3/c1-24-16-8-6-15(7-9-16)21-13-14(12-17(21)22)19-18(23)20-10-4-2-3-5-11-20/h6-9,14H,2-5,10-13H2,1H3,(H,19,23)/t14-/m1/s1. The van der Waals surface area contributed by atoms with Gasteiger partial charge in [-0.1, -0.05) is 12.8 Å². The molecule has 2 heterocycles. The molecule has 1 aromatic rings. The number of anilines is 1. The molecule has 1 N–H and O–H groups in total. The van der Waals surface area contributed by atoms with Crippen LogP contribution in [0.1, 0.15) is 32.1 Å². The van der Waals surface area contributed by atoms with Crippen LogP contribution in [0.15, 0.2) is 24.3 Å². The van der Waals surface area contributed by atoms with Crippen LogP contribution >= 0.6 is 0 Å². The van der Waals surface area contributed by atoms with E-state index < -0.39 is 0 Å². The van der Waals surface area contributed by atoms with Gasteiger partial charge in [-0.25, -0.2) is 4.79 Å². The summed E-state index contributed by atoms with van der Waals surface area (Å²) in [5, 5.41) is 3.03. The normalized spacial score (nSPS) is 21.5. The van der Waals surface area contributed by atoms with Crippen LogP contribution in [0.2, 0.25) is 0 Å². The van der Waals surface area contributed by atoms with Crippen molar-refractivity contribution in [1.82, 2.24) is 10.2 Å². The number of amides is 3. The lowest BCUT2D eigenvalue weighted by atomic mass is 10.2. The Kier molecular flexibility index (Phi) is 5.23. The maximum Gasteiger partial charge on any atom is 0.317 e. The molecule has 2 fully saturated rings. The highest BCUT2D eigenvalue weighted by Crippen LogP contribution is 2.24. The van der Waals surface area contributed by atoms with Crippen LogP contribution in [-0.4, -0.2) is 49.6 Å². The fraction of sp³-hybridized carbons (Fsp3) is 0.556. The number of hydrogen-bond donors (Lipinski definition) is 1. The van der Waals surface area contributed by atoms with Gasteiger partial charge in [0.05, 0.1) is 13.2 Å². The first kappa shape index (κ1) is 16.6. The van der Waals surface area contributed by atoms with E-state index in [4.69, 9.17) is 4.74 Å². The van der Waals surface area contributed by atoms with Crippen LogP contribution in [0.4, 0.5) is 10.5 Å². The molecule has 6 heteroatoms. The van der Waals surface area contributed by atoms with Gasteiger partial charge < -0.3 is 19.9 Å². The highest BCUT2D eigenvalue weighted by molar-refractivity contribution is 5.96. The minimum atomic E-state index is -0.129. The Hall–Kier alpha value is -2.24. The van der Waals surface area contributed by atoms with E-state index in [9.17, 15) is 9.59 Å². The van der Waals surface area contributed by atoms with Crippen molar-refractivity contribution in [2.45, 2.75) is 38.1 Å². The maximum absolute atomic E-state index is 12.4. The van der Waals surface area contributed by atoms with Crippen molar-refractivity contribution in [3.8, 4) is 5.75 Å². The predicted octanol–water partition coefficient (Wildman–Crippen LogP) is 2.39. The van der Waals surface area contributed by atoms with Gasteiger partial charge in [0.25, 0.3) is 0 Å². The topological polar surface area (TPSA) is 61.9 Å². The van der Waals surface area contributed by atoms with Gasteiger partial charge in [0, 0.05) is 31.7 Å². The number of carbonyl (C=O) groups is 2. The second-order valence-electron chi connectivity index (χ2n) is 6.45. The van der Waals surface area contributed by atoms with Crippen molar-refractivity contribution >= 4 is 17.6 Å². The predicted molar refractivity (Wildman–Crippen MR) is 92.3 cm³/mol. The van der Waals surface area contributed by atoms with Crippen molar-refractivity contribution in [2.75, 3.05) is 31.6 Å². The van der Waals surface area contributed by atoms with E-state index in [1.807, 2.05) is 29.2 Å². The zero-order chi connectivity index (χ0) is 16.9. The Morgan fingerprint density at radius 1 is 1.12 bits per heavy atom. The zero-order valence-corrected chi connectivity index (χ0v) is 14.2. The molecule has 3 amide bonds. The quantitative estimate of drug-likeness (QED) is 0.925. The summed E-state index contributed by atoms with van der Waals surface area (Å²) in [6.45, 7) is 2.15. The van der Waals surface area contributed by atoms with Crippen LogP contribution in [0.3, 0.4) is 0 Å². The van der Waals surface area contributed by atoms with E-state index in [2.05, 4.69) is 5.32 Å². The lowest BCUT2D eigenvalue weighted by Crippen LogP contribution is -2.46. The van der Waals surface area contributed by atoms with Gasteiger partial charge in [-0.2, -0.15) is 0 Å². The second-order valence-corrected chi connectivity index (χ2v) is 6.45. The highest BCUT2D eigenvalue weighted by atomic mass is 16.5. The lowest BCUT2D eigenvalue weighted by Gasteiger charge is -2.23. The Morgan fingerprint density at radius 2 is 1.79 bits per heavy atom. The summed E-state index contributed by atoms with van der Waals surface area (Å²) in [6.07, 6.45) is 4.86. The monoisotopic (exact) mass is 331 g/mol. The Bertz CT molecular complexity index is 580. The smallest absolute Gasteiger partial charge is 0.317 e. The Balaban J connectivity index is 1.58. The van der Waals surface area contributed by atoms with Crippen molar-refractivity contribution in [1.29, 1.82) is 0 Å². The first-order valence-corrected chi connectivity index (χ1v) is 8.67. The second kappa shape index (κ2) is 7.55. The first-order chi connectivity index (χ1) is 11.7. The van der Waals surface area contributed by atoms with E-state index in [1.165, 1.54) is 12.8 Å². The fourth-order valence-electron chi connectivity index (χ4n) is 3.36. The number of urea groups is 1. The molecule has 2 aliphatic rings. The molecule has 0 aliphatic carbocycles. The molecule has 1 atom stereocenters. The molecule has 0 bridgehead atoms. The summed E-state index contributed by atoms with van der Waals surface area (Å²) in [4.78, 5) is 28.3. The molecular weight excluding hydrogens is 306 g/mol. The van der Waals surface area contributed by atoms with Crippen LogP contribution in [-0.2, 0) is 4.79 Å². The first-order valence-electron chi connectivity index (χ1n) is 8.67. The summed E-state index contributed by atoms with van der Waals surface area (Å²) in [5.41, 5.74) is 0.840. The maximum atomic E-state index is 12.4. The molecule has 0 spiro atoms. The van der Waals surface area contributed by atoms with Crippen LogP contribution in [0.5, 0.6) is 5.75 Å². The van der Waals surface area contributed by atoms with Gasteiger partial charge in [0.2, 0.25) is 5.91 Å². The van der Waals surface area contributed by atoms with E-state index >= 15 is 0 Å². The molecule has 0 aromatic heterocycles. The summed E-state index contributed by atoms with van der Waals surface area (Å²) < 4.78 is 5.14. The number of benzene rings is 1. The number of nitrogens with zero attached hydrogens (tertiary/aromatic N) is 2. The molecule has 0 saturated carbocycles. The minimum Gasteiger partial charge on any atom is -0.497 e. The van der Waals surface area contributed by atoms with Gasteiger partial charge in [-0.15, -0.1) is 0 Å². The third kappa shape index (κ3) is 3.80. The number of hydrogen-bond acceptors (Lipinski definition) is 3. The molecule has 3 rings (SSSR count). The Labute approximate surface area is 142 Å².